The number of carbonyl (C=O) groups excluding carboxylic acids is 2. The van der Waals surface area contributed by atoms with E-state index < -0.39 is 17.3 Å². The number of nitrogens with one attached hydrogen (secondary N) is 1. The molecule has 0 fully saturated rings. The predicted octanol–water partition coefficient (Wildman–Crippen LogP) is 3.67. The van der Waals surface area contributed by atoms with Gasteiger partial charge in [0.05, 0.1) is 5.39 Å². The van der Waals surface area contributed by atoms with Gasteiger partial charge in [0.2, 0.25) is 0 Å². The number of carbonyl (C=O) groups is 2. The molecule has 5 aromatic rings. The molecule has 0 saturated carbocycles. The van der Waals surface area contributed by atoms with Gasteiger partial charge in [0, 0.05) is 53.9 Å². The van der Waals surface area contributed by atoms with Crippen LogP contribution in [0.5, 0.6) is 0 Å². The number of hydrogen-bond acceptors (Lipinski definition) is 7. The molecular weight excluding hydrogens is 501 g/mol. The smallest absolute Gasteiger partial charge is 0.268 e. The molecule has 0 unspecified atom stereocenters. The van der Waals surface area contributed by atoms with Crippen molar-refractivity contribution in [3.8, 4) is 16.8 Å². The minimum Gasteiger partial charge on any atom is -0.383 e. The van der Waals surface area contributed by atoms with Gasteiger partial charge in [-0.1, -0.05) is 0 Å². The molecule has 1 aromatic carbocycles. The lowest BCUT2D eigenvalue weighted by molar-refractivity contribution is 0.0971. The number of ketones is 1. The van der Waals surface area contributed by atoms with Gasteiger partial charge in [-0.15, -0.1) is 0 Å². The van der Waals surface area contributed by atoms with Gasteiger partial charge in [-0.05, 0) is 55.3 Å². The molecule has 1 aliphatic rings. The van der Waals surface area contributed by atoms with Gasteiger partial charge >= 0.3 is 0 Å². The Hall–Kier alpha value is -5.19. The number of benzene rings is 1. The van der Waals surface area contributed by atoms with E-state index in [-0.39, 0.29) is 17.2 Å². The SMILES string of the molecule is Cn1cc(-c2ccc(NC(=O)c3cc4c(n(-c5ccc(F)cc5)c3=O)CCCC4=O)nc2)c2c(N)ncnc21. The minimum atomic E-state index is -0.708. The van der Waals surface area contributed by atoms with Crippen LogP contribution in [-0.2, 0) is 13.5 Å². The molecular formula is C28H22FN7O3. The Morgan fingerprint density at radius 1 is 1.03 bits per heavy atom. The fourth-order valence-corrected chi connectivity index (χ4v) is 4.98. The van der Waals surface area contributed by atoms with Crippen molar-refractivity contribution in [3.05, 3.63) is 94.2 Å². The number of nitrogens with zero attached hydrogens (tertiary/aromatic N) is 5. The number of rotatable bonds is 4. The Morgan fingerprint density at radius 3 is 2.56 bits per heavy atom. The predicted molar refractivity (Wildman–Crippen MR) is 143 cm³/mol. The summed E-state index contributed by atoms with van der Waals surface area (Å²) in [5.41, 5.74) is 8.67. The van der Waals surface area contributed by atoms with Gasteiger partial charge in [-0.3, -0.25) is 19.0 Å². The van der Waals surface area contributed by atoms with E-state index in [9.17, 15) is 18.8 Å². The molecule has 0 bridgehead atoms. The quantitative estimate of drug-likeness (QED) is 0.367. The first kappa shape index (κ1) is 24.2. The summed E-state index contributed by atoms with van der Waals surface area (Å²) in [6.45, 7) is 0. The van der Waals surface area contributed by atoms with Crippen LogP contribution in [0.1, 0.15) is 39.3 Å². The number of pyridine rings is 2. The lowest BCUT2D eigenvalue weighted by atomic mass is 9.92. The monoisotopic (exact) mass is 523 g/mol. The molecule has 4 aromatic heterocycles. The highest BCUT2D eigenvalue weighted by atomic mass is 19.1. The van der Waals surface area contributed by atoms with Gasteiger partial charge in [0.25, 0.3) is 11.5 Å². The second-order valence-corrected chi connectivity index (χ2v) is 9.31. The number of aryl methyl sites for hydroxylation is 1. The number of anilines is 2. The molecule has 11 heteroatoms. The van der Waals surface area contributed by atoms with E-state index >= 15 is 0 Å². The van der Waals surface area contributed by atoms with Crippen LogP contribution >= 0.6 is 0 Å². The van der Waals surface area contributed by atoms with Crippen LogP contribution in [0.15, 0.2) is 66.0 Å². The molecule has 0 atom stereocenters. The van der Waals surface area contributed by atoms with E-state index in [1.807, 2.05) is 17.8 Å². The van der Waals surface area contributed by atoms with Crippen molar-refractivity contribution >= 4 is 34.4 Å². The van der Waals surface area contributed by atoms with Crippen LogP contribution in [0.3, 0.4) is 0 Å². The summed E-state index contributed by atoms with van der Waals surface area (Å²) in [6, 6.07) is 10.1. The summed E-state index contributed by atoms with van der Waals surface area (Å²) in [7, 11) is 1.85. The van der Waals surface area contributed by atoms with E-state index in [0.717, 1.165) is 11.1 Å². The largest absolute Gasteiger partial charge is 0.383 e. The summed E-state index contributed by atoms with van der Waals surface area (Å²) < 4.78 is 16.7. The lowest BCUT2D eigenvalue weighted by Crippen LogP contribution is -2.33. The normalized spacial score (nSPS) is 12.9. The minimum absolute atomic E-state index is 0.151. The molecule has 0 spiro atoms. The zero-order valence-electron chi connectivity index (χ0n) is 20.8. The molecule has 1 aliphatic carbocycles. The number of nitrogens with two attached hydrogens (primary N) is 1. The van der Waals surface area contributed by atoms with E-state index in [1.165, 1.54) is 41.2 Å². The van der Waals surface area contributed by atoms with Crippen LogP contribution in [0.2, 0.25) is 0 Å². The molecule has 4 heterocycles. The number of fused-ring (bicyclic) bond motifs is 2. The zero-order chi connectivity index (χ0) is 27.3. The summed E-state index contributed by atoms with van der Waals surface area (Å²) in [5.74, 6) is -0.765. The fraction of sp³-hybridized carbons (Fsp3) is 0.143. The maximum absolute atomic E-state index is 13.6. The Morgan fingerprint density at radius 2 is 1.82 bits per heavy atom. The maximum Gasteiger partial charge on any atom is 0.268 e. The van der Waals surface area contributed by atoms with Crippen LogP contribution < -0.4 is 16.6 Å². The molecule has 1 amide bonds. The van der Waals surface area contributed by atoms with Crippen molar-refractivity contribution in [1.82, 2.24) is 24.1 Å². The molecule has 0 radical (unpaired) electrons. The van der Waals surface area contributed by atoms with E-state index in [2.05, 4.69) is 20.3 Å². The van der Waals surface area contributed by atoms with Gasteiger partial charge < -0.3 is 15.6 Å². The summed E-state index contributed by atoms with van der Waals surface area (Å²) in [5, 5.41) is 3.34. The van der Waals surface area contributed by atoms with Crippen molar-refractivity contribution in [2.24, 2.45) is 7.05 Å². The molecule has 0 aliphatic heterocycles. The topological polar surface area (TPSA) is 138 Å². The number of halogens is 1. The van der Waals surface area contributed by atoms with Crippen molar-refractivity contribution in [3.63, 3.8) is 0 Å². The first-order valence-corrected chi connectivity index (χ1v) is 12.2. The van der Waals surface area contributed by atoms with Crippen molar-refractivity contribution in [2.45, 2.75) is 19.3 Å². The third kappa shape index (κ3) is 4.13. The van der Waals surface area contributed by atoms with Crippen molar-refractivity contribution in [1.29, 1.82) is 0 Å². The molecule has 3 N–H and O–H groups in total. The summed E-state index contributed by atoms with van der Waals surface area (Å²) in [4.78, 5) is 52.2. The molecule has 10 nitrogen and oxygen atoms in total. The van der Waals surface area contributed by atoms with E-state index in [1.54, 1.807) is 18.3 Å². The van der Waals surface area contributed by atoms with Crippen LogP contribution in [0.25, 0.3) is 27.8 Å². The van der Waals surface area contributed by atoms with Crippen LogP contribution in [0.4, 0.5) is 16.0 Å². The number of hydrogen-bond donors (Lipinski definition) is 2. The molecule has 0 saturated heterocycles. The van der Waals surface area contributed by atoms with Crippen molar-refractivity contribution < 1.29 is 14.0 Å². The standard InChI is InChI=1S/C28H22FN7O3/c1-35-13-20(24-25(30)32-14-33-26(24)35)15-5-10-23(31-12-15)34-27(38)19-11-18-21(3-2-4-22(18)37)36(28(19)39)17-8-6-16(29)7-9-17/h5-14H,2-4H2,1H3,(H2,30,32,33)(H,31,34,38). The highest BCUT2D eigenvalue weighted by Gasteiger charge is 2.26. The fourth-order valence-electron chi connectivity index (χ4n) is 4.98. The second-order valence-electron chi connectivity index (χ2n) is 9.31. The maximum atomic E-state index is 13.6. The zero-order valence-corrected chi connectivity index (χ0v) is 20.8. The van der Waals surface area contributed by atoms with Gasteiger partial charge in [-0.2, -0.15) is 0 Å². The third-order valence-electron chi connectivity index (χ3n) is 6.85. The summed E-state index contributed by atoms with van der Waals surface area (Å²) in [6.07, 6.45) is 6.24. The van der Waals surface area contributed by atoms with Crippen molar-refractivity contribution in [2.75, 3.05) is 11.1 Å². The lowest BCUT2D eigenvalue weighted by Gasteiger charge is -2.21. The highest BCUT2D eigenvalue weighted by molar-refractivity contribution is 6.06. The highest BCUT2D eigenvalue weighted by Crippen LogP contribution is 2.32. The number of amides is 1. The first-order chi connectivity index (χ1) is 18.8. The van der Waals surface area contributed by atoms with E-state index in [4.69, 9.17) is 5.73 Å². The Labute approximate surface area is 221 Å². The molecule has 39 heavy (non-hydrogen) atoms. The van der Waals surface area contributed by atoms with Gasteiger partial charge in [0.15, 0.2) is 5.78 Å². The Kier molecular flexibility index (Phi) is 5.75. The average molecular weight is 524 g/mol. The van der Waals surface area contributed by atoms with Gasteiger partial charge in [-0.25, -0.2) is 19.3 Å². The number of aromatic nitrogens is 5. The number of Topliss-reactive ketones (excluding diaryl/α,β-unsaturated/α-hetero) is 1. The Bertz CT molecular complexity index is 1840. The first-order valence-electron chi connectivity index (χ1n) is 12.2. The molecule has 194 valence electrons. The van der Waals surface area contributed by atoms with E-state index in [0.29, 0.717) is 53.1 Å². The second kappa shape index (κ2) is 9.28. The summed E-state index contributed by atoms with van der Waals surface area (Å²) >= 11 is 0. The number of nitrogen functional groups attached to an aromatic ring is 1. The van der Waals surface area contributed by atoms with Gasteiger partial charge in [0.1, 0.15) is 35.0 Å². The average Bonchev–Trinajstić information content (AvgIpc) is 3.27. The Balaban J connectivity index is 1.36. The van der Waals surface area contributed by atoms with Crippen LogP contribution in [-0.4, -0.2) is 35.8 Å². The third-order valence-corrected chi connectivity index (χ3v) is 6.85. The van der Waals surface area contributed by atoms with Crippen LogP contribution in [0, 0.1) is 5.82 Å². The molecule has 6 rings (SSSR count).